The van der Waals surface area contributed by atoms with Crippen molar-refractivity contribution in [2.75, 3.05) is 12.4 Å². The topological polar surface area (TPSA) is 63.0 Å². The molecule has 3 aromatic rings. The van der Waals surface area contributed by atoms with E-state index in [1.807, 2.05) is 18.4 Å². The van der Waals surface area contributed by atoms with E-state index >= 15 is 0 Å². The van der Waals surface area contributed by atoms with E-state index in [1.165, 1.54) is 12.4 Å². The van der Waals surface area contributed by atoms with E-state index in [0.717, 1.165) is 6.07 Å². The van der Waals surface area contributed by atoms with E-state index in [-0.39, 0.29) is 11.6 Å². The number of aromatic nitrogens is 3. The predicted molar refractivity (Wildman–Crippen MR) is 89.6 cm³/mol. The van der Waals surface area contributed by atoms with Crippen LogP contribution in [0.25, 0.3) is 22.2 Å². The minimum absolute atomic E-state index is 0.0512. The molecular weight excluding hydrogens is 333 g/mol. The molecule has 5 nitrogen and oxygen atoms in total. The van der Waals surface area contributed by atoms with Crippen molar-refractivity contribution in [3.05, 3.63) is 36.3 Å². The minimum atomic E-state index is -4.55. The Balaban J connectivity index is 2.35. The van der Waals surface area contributed by atoms with Gasteiger partial charge in [0, 0.05) is 24.8 Å². The first-order valence-corrected chi connectivity index (χ1v) is 7.67. The zero-order valence-electron chi connectivity index (χ0n) is 13.9. The Labute approximate surface area is 142 Å². The quantitative estimate of drug-likeness (QED) is 0.733. The fourth-order valence-electron chi connectivity index (χ4n) is 2.82. The maximum absolute atomic E-state index is 13.1. The minimum Gasteiger partial charge on any atom is -0.508 e. The zero-order chi connectivity index (χ0) is 18.4. The molecule has 3 rings (SSSR count). The van der Waals surface area contributed by atoms with Gasteiger partial charge in [0.25, 0.3) is 0 Å². The van der Waals surface area contributed by atoms with Gasteiger partial charge in [-0.3, -0.25) is 0 Å². The standard InChI is InChI=1S/C17H17F3N4O/c1-9(2)24-7-13(14-15(21-3)22-8-23-16(14)24)10-4-11(17(18,19)20)6-12(25)5-10/h4-9,25H,1-3H3,(H,21,22,23). The number of nitrogens with zero attached hydrogens (tertiary/aromatic N) is 3. The van der Waals surface area contributed by atoms with Crippen molar-refractivity contribution in [1.29, 1.82) is 0 Å². The number of phenols is 1. The van der Waals surface area contributed by atoms with Crippen molar-refractivity contribution < 1.29 is 18.3 Å². The first-order valence-electron chi connectivity index (χ1n) is 7.67. The van der Waals surface area contributed by atoms with Crippen LogP contribution in [0.4, 0.5) is 19.0 Å². The van der Waals surface area contributed by atoms with Crippen LogP contribution in [-0.2, 0) is 6.18 Å². The van der Waals surface area contributed by atoms with Crippen molar-refractivity contribution >= 4 is 16.9 Å². The third-order valence-corrected chi connectivity index (χ3v) is 3.96. The Bertz CT molecular complexity index is 932. The smallest absolute Gasteiger partial charge is 0.416 e. The average Bonchev–Trinajstić information content (AvgIpc) is 2.93. The Morgan fingerprint density at radius 2 is 1.88 bits per heavy atom. The lowest BCUT2D eigenvalue weighted by Crippen LogP contribution is -2.04. The van der Waals surface area contributed by atoms with Crippen molar-refractivity contribution in [2.45, 2.75) is 26.1 Å². The number of alkyl halides is 3. The molecule has 0 aliphatic carbocycles. The van der Waals surface area contributed by atoms with Crippen LogP contribution in [0.1, 0.15) is 25.5 Å². The number of phenolic OH excluding ortho intramolecular Hbond substituents is 1. The van der Waals surface area contributed by atoms with E-state index in [2.05, 4.69) is 15.3 Å². The molecule has 2 aromatic heterocycles. The Hall–Kier alpha value is -2.77. The number of hydrogen-bond acceptors (Lipinski definition) is 4. The van der Waals surface area contributed by atoms with Crippen molar-refractivity contribution in [3.63, 3.8) is 0 Å². The molecule has 0 spiro atoms. The lowest BCUT2D eigenvalue weighted by atomic mass is 10.0. The molecule has 2 N–H and O–H groups in total. The summed E-state index contributed by atoms with van der Waals surface area (Å²) in [6.07, 6.45) is -1.41. The summed E-state index contributed by atoms with van der Waals surface area (Å²) in [5.74, 6) is 0.0643. The number of anilines is 1. The highest BCUT2D eigenvalue weighted by molar-refractivity contribution is 6.01. The largest absolute Gasteiger partial charge is 0.508 e. The molecule has 0 aliphatic rings. The second kappa shape index (κ2) is 5.94. The second-order valence-corrected chi connectivity index (χ2v) is 5.98. The van der Waals surface area contributed by atoms with Crippen LogP contribution in [0.2, 0.25) is 0 Å². The second-order valence-electron chi connectivity index (χ2n) is 5.98. The highest BCUT2D eigenvalue weighted by Crippen LogP contribution is 2.39. The van der Waals surface area contributed by atoms with Gasteiger partial charge in [-0.05, 0) is 37.6 Å². The number of rotatable bonds is 3. The van der Waals surface area contributed by atoms with Crippen LogP contribution in [0.3, 0.4) is 0 Å². The molecule has 0 saturated carbocycles. The molecule has 0 atom stereocenters. The number of halogens is 3. The number of benzene rings is 1. The van der Waals surface area contributed by atoms with Gasteiger partial charge in [0.1, 0.15) is 23.5 Å². The summed E-state index contributed by atoms with van der Waals surface area (Å²) in [4.78, 5) is 8.44. The first kappa shape index (κ1) is 17.1. The van der Waals surface area contributed by atoms with Crippen LogP contribution < -0.4 is 5.32 Å². The predicted octanol–water partition coefficient (Wildman–Crippen LogP) is 4.45. The fourth-order valence-corrected chi connectivity index (χ4v) is 2.82. The highest BCUT2D eigenvalue weighted by atomic mass is 19.4. The summed E-state index contributed by atoms with van der Waals surface area (Å²) in [6.45, 7) is 3.90. The Morgan fingerprint density at radius 3 is 2.48 bits per heavy atom. The van der Waals surface area contributed by atoms with Crippen LogP contribution in [0, 0.1) is 0 Å². The molecule has 0 radical (unpaired) electrons. The third kappa shape index (κ3) is 2.99. The molecule has 25 heavy (non-hydrogen) atoms. The maximum Gasteiger partial charge on any atom is 0.416 e. The Morgan fingerprint density at radius 1 is 1.16 bits per heavy atom. The van der Waals surface area contributed by atoms with Gasteiger partial charge < -0.3 is 15.0 Å². The van der Waals surface area contributed by atoms with E-state index < -0.39 is 17.5 Å². The molecule has 0 amide bonds. The summed E-state index contributed by atoms with van der Waals surface area (Å²) in [5.41, 5.74) is 0.482. The molecule has 8 heteroatoms. The van der Waals surface area contributed by atoms with E-state index in [9.17, 15) is 18.3 Å². The zero-order valence-corrected chi connectivity index (χ0v) is 13.9. The Kier molecular flexibility index (Phi) is 4.06. The van der Waals surface area contributed by atoms with Gasteiger partial charge in [0.05, 0.1) is 10.9 Å². The van der Waals surface area contributed by atoms with E-state index in [4.69, 9.17) is 0 Å². The molecule has 2 heterocycles. The highest BCUT2D eigenvalue weighted by Gasteiger charge is 2.32. The normalized spacial score (nSPS) is 12.1. The van der Waals surface area contributed by atoms with Crippen molar-refractivity contribution in [2.24, 2.45) is 0 Å². The molecule has 0 fully saturated rings. The lowest BCUT2D eigenvalue weighted by molar-refractivity contribution is -0.137. The molecule has 0 bridgehead atoms. The molecule has 0 aliphatic heterocycles. The van der Waals surface area contributed by atoms with Crippen LogP contribution >= 0.6 is 0 Å². The van der Waals surface area contributed by atoms with Gasteiger partial charge in [0.15, 0.2) is 0 Å². The van der Waals surface area contributed by atoms with Gasteiger partial charge in [-0.25, -0.2) is 9.97 Å². The molecular formula is C17H17F3N4O. The van der Waals surface area contributed by atoms with Gasteiger partial charge in [-0.1, -0.05) is 0 Å². The number of aromatic hydroxyl groups is 1. The number of nitrogens with one attached hydrogen (secondary N) is 1. The monoisotopic (exact) mass is 350 g/mol. The van der Waals surface area contributed by atoms with Gasteiger partial charge in [-0.15, -0.1) is 0 Å². The van der Waals surface area contributed by atoms with E-state index in [1.54, 1.807) is 13.2 Å². The van der Waals surface area contributed by atoms with Crippen LogP contribution in [-0.4, -0.2) is 26.7 Å². The number of hydrogen-bond donors (Lipinski definition) is 2. The van der Waals surface area contributed by atoms with Gasteiger partial charge >= 0.3 is 6.18 Å². The summed E-state index contributed by atoms with van der Waals surface area (Å²) in [5, 5.41) is 13.3. The lowest BCUT2D eigenvalue weighted by Gasteiger charge is -2.10. The fraction of sp³-hybridized carbons (Fsp3) is 0.294. The van der Waals surface area contributed by atoms with Crippen LogP contribution in [0.15, 0.2) is 30.7 Å². The first-order chi connectivity index (χ1) is 11.7. The molecule has 0 unspecified atom stereocenters. The number of fused-ring (bicyclic) bond motifs is 1. The summed E-state index contributed by atoms with van der Waals surface area (Å²) in [6, 6.07) is 3.09. The SMILES string of the molecule is CNc1ncnc2c1c(-c1cc(O)cc(C(F)(F)F)c1)cn2C(C)C. The average molecular weight is 350 g/mol. The summed E-state index contributed by atoms with van der Waals surface area (Å²) >= 11 is 0. The third-order valence-electron chi connectivity index (χ3n) is 3.96. The summed E-state index contributed by atoms with van der Waals surface area (Å²) < 4.78 is 41.2. The van der Waals surface area contributed by atoms with Crippen molar-refractivity contribution in [3.8, 4) is 16.9 Å². The van der Waals surface area contributed by atoms with E-state index in [0.29, 0.717) is 28.5 Å². The van der Waals surface area contributed by atoms with Crippen molar-refractivity contribution in [1.82, 2.24) is 14.5 Å². The van der Waals surface area contributed by atoms with Gasteiger partial charge in [-0.2, -0.15) is 13.2 Å². The summed E-state index contributed by atoms with van der Waals surface area (Å²) in [7, 11) is 1.68. The maximum atomic E-state index is 13.1. The van der Waals surface area contributed by atoms with Gasteiger partial charge in [0.2, 0.25) is 0 Å². The molecule has 0 saturated heterocycles. The molecule has 132 valence electrons. The molecule has 1 aromatic carbocycles. The van der Waals surface area contributed by atoms with Crippen LogP contribution in [0.5, 0.6) is 5.75 Å².